The van der Waals surface area contributed by atoms with Gasteiger partial charge >= 0.3 is 0 Å². The van der Waals surface area contributed by atoms with Gasteiger partial charge in [-0.1, -0.05) is 36.4 Å². The Morgan fingerprint density at radius 2 is 1.17 bits per heavy atom. The van der Waals surface area contributed by atoms with E-state index in [1.807, 2.05) is 0 Å². The van der Waals surface area contributed by atoms with Gasteiger partial charge in [0, 0.05) is 6.61 Å². The molecule has 0 amide bonds. The molecule has 2 aliphatic rings. The fourth-order valence-electron chi connectivity index (χ4n) is 3.57. The lowest BCUT2D eigenvalue weighted by Crippen LogP contribution is -2.45. The van der Waals surface area contributed by atoms with Crippen LogP contribution in [0.3, 0.4) is 0 Å². The Morgan fingerprint density at radius 1 is 0.743 bits per heavy atom. The predicted molar refractivity (Wildman–Crippen MR) is 119 cm³/mol. The highest BCUT2D eigenvalue weighted by molar-refractivity contribution is 7.87. The Morgan fingerprint density at radius 3 is 1.57 bits per heavy atom. The van der Waals surface area contributed by atoms with Gasteiger partial charge in [0.15, 0.2) is 0 Å². The molecule has 4 atom stereocenters. The summed E-state index contributed by atoms with van der Waals surface area (Å²) in [5.74, 6) is 0. The van der Waals surface area contributed by atoms with Crippen molar-refractivity contribution in [1.82, 2.24) is 0 Å². The molecule has 192 valence electrons. The molecule has 2 heterocycles. The summed E-state index contributed by atoms with van der Waals surface area (Å²) in [5.41, 5.74) is 0. The molecule has 0 aliphatic carbocycles. The summed E-state index contributed by atoms with van der Waals surface area (Å²) in [6, 6.07) is 15.3. The maximum atomic E-state index is 12.5. The van der Waals surface area contributed by atoms with Gasteiger partial charge < -0.3 is 23.7 Å². The van der Waals surface area contributed by atoms with E-state index in [0.717, 1.165) is 0 Å². The third-order valence-corrected chi connectivity index (χ3v) is 7.89. The number of hydrogen-bond donors (Lipinski definition) is 0. The first-order valence-corrected chi connectivity index (χ1v) is 13.7. The fraction of sp³-hybridized carbons (Fsp3) is 0.455. The standard InChI is InChI=1S/C22H26O11S2/c1-2-27-22-32-20-18(13-30-34(23,24)16-9-5-3-6-10-16)28-15-29-19(21(20)33-22)14-31-35(25,26)17-11-7-4-8-12-17/h3-12,18-22H,2,13-15H2,1H3. The summed E-state index contributed by atoms with van der Waals surface area (Å²) in [6.07, 6.45) is -3.60. The summed E-state index contributed by atoms with van der Waals surface area (Å²) < 4.78 is 88.8. The van der Waals surface area contributed by atoms with Crippen molar-refractivity contribution in [2.45, 2.75) is 47.6 Å². The number of rotatable bonds is 10. The SMILES string of the molecule is CCOC1OC2C(COS(=O)(=O)c3ccccc3)OCOC(COS(=O)(=O)c3ccccc3)C2O1. The zero-order valence-corrected chi connectivity index (χ0v) is 20.4. The Labute approximate surface area is 204 Å². The topological polar surface area (TPSA) is 133 Å². The number of ether oxygens (including phenoxy) is 5. The van der Waals surface area contributed by atoms with Crippen molar-refractivity contribution < 1.29 is 48.9 Å². The predicted octanol–water partition coefficient (Wildman–Crippen LogP) is 1.64. The van der Waals surface area contributed by atoms with Crippen LogP contribution in [0.25, 0.3) is 0 Å². The van der Waals surface area contributed by atoms with Crippen molar-refractivity contribution in [3.8, 4) is 0 Å². The van der Waals surface area contributed by atoms with Crippen LogP contribution in [0.2, 0.25) is 0 Å². The van der Waals surface area contributed by atoms with Crippen molar-refractivity contribution >= 4 is 20.2 Å². The Kier molecular flexibility index (Phi) is 8.52. The molecule has 2 aliphatic heterocycles. The molecule has 11 nitrogen and oxygen atoms in total. The molecule has 4 rings (SSSR count). The lowest BCUT2D eigenvalue weighted by molar-refractivity contribution is -0.261. The molecule has 35 heavy (non-hydrogen) atoms. The van der Waals surface area contributed by atoms with E-state index in [-0.39, 0.29) is 36.4 Å². The summed E-state index contributed by atoms with van der Waals surface area (Å²) in [7, 11) is -8.10. The van der Waals surface area contributed by atoms with E-state index >= 15 is 0 Å². The van der Waals surface area contributed by atoms with Gasteiger partial charge in [-0.3, -0.25) is 8.37 Å². The lowest BCUT2D eigenvalue weighted by Gasteiger charge is -2.24. The molecule has 0 aromatic heterocycles. The van der Waals surface area contributed by atoms with Gasteiger partial charge in [-0.25, -0.2) is 0 Å². The van der Waals surface area contributed by atoms with Crippen LogP contribution in [0, 0.1) is 0 Å². The number of hydrogen-bond acceptors (Lipinski definition) is 11. The van der Waals surface area contributed by atoms with Gasteiger partial charge in [-0.2, -0.15) is 16.8 Å². The molecule has 13 heteroatoms. The second kappa shape index (κ2) is 11.4. The quantitative estimate of drug-likeness (QED) is 0.415. The third kappa shape index (κ3) is 6.44. The van der Waals surface area contributed by atoms with E-state index in [1.54, 1.807) is 43.3 Å². The Bertz CT molecular complexity index is 1070. The van der Waals surface area contributed by atoms with Crippen LogP contribution >= 0.6 is 0 Å². The largest absolute Gasteiger partial charge is 0.347 e. The third-order valence-electron chi connectivity index (χ3n) is 5.30. The van der Waals surface area contributed by atoms with Crippen LogP contribution in [0.15, 0.2) is 70.5 Å². The molecular formula is C22H26O11S2. The van der Waals surface area contributed by atoms with Gasteiger partial charge in [-0.05, 0) is 31.2 Å². The molecule has 0 N–H and O–H groups in total. The first kappa shape index (κ1) is 26.1. The van der Waals surface area contributed by atoms with Crippen LogP contribution in [0.1, 0.15) is 6.92 Å². The summed E-state index contributed by atoms with van der Waals surface area (Å²) >= 11 is 0. The molecule has 4 unspecified atom stereocenters. The highest BCUT2D eigenvalue weighted by Crippen LogP contribution is 2.31. The smallest absolute Gasteiger partial charge is 0.297 e. The van der Waals surface area contributed by atoms with E-state index in [1.165, 1.54) is 24.3 Å². The van der Waals surface area contributed by atoms with E-state index in [4.69, 9.17) is 32.1 Å². The molecule has 2 saturated heterocycles. The minimum atomic E-state index is -4.05. The van der Waals surface area contributed by atoms with Crippen LogP contribution in [0.4, 0.5) is 0 Å². The van der Waals surface area contributed by atoms with Gasteiger partial charge in [-0.15, -0.1) is 0 Å². The molecule has 0 saturated carbocycles. The molecule has 2 aromatic rings. The summed E-state index contributed by atoms with van der Waals surface area (Å²) in [5, 5.41) is 0. The van der Waals surface area contributed by atoms with Gasteiger partial charge in [0.1, 0.15) is 31.2 Å². The van der Waals surface area contributed by atoms with Crippen LogP contribution in [-0.4, -0.2) is 74.3 Å². The fourth-order valence-corrected chi connectivity index (χ4v) is 5.45. The van der Waals surface area contributed by atoms with Crippen molar-refractivity contribution in [1.29, 1.82) is 0 Å². The Balaban J connectivity index is 1.46. The average Bonchev–Trinajstić information content (AvgIpc) is 3.20. The molecular weight excluding hydrogens is 504 g/mol. The summed E-state index contributed by atoms with van der Waals surface area (Å²) in [6.45, 7) is -0.133. The Hall–Kier alpha value is -1.94. The highest BCUT2D eigenvalue weighted by Gasteiger charge is 2.49. The minimum absolute atomic E-state index is 0.00500. The number of benzene rings is 2. The number of fused-ring (bicyclic) bond motifs is 1. The van der Waals surface area contributed by atoms with Gasteiger partial charge in [0.25, 0.3) is 26.7 Å². The molecule has 2 aromatic carbocycles. The molecule has 2 fully saturated rings. The van der Waals surface area contributed by atoms with Crippen LogP contribution in [-0.2, 0) is 52.3 Å². The van der Waals surface area contributed by atoms with Crippen molar-refractivity contribution in [3.05, 3.63) is 60.7 Å². The normalized spacial score (nSPS) is 27.3. The molecule has 0 spiro atoms. The van der Waals surface area contributed by atoms with E-state index < -0.39 is 51.1 Å². The minimum Gasteiger partial charge on any atom is -0.347 e. The second-order valence-electron chi connectivity index (χ2n) is 7.58. The molecule has 0 radical (unpaired) electrons. The first-order valence-electron chi connectivity index (χ1n) is 10.8. The van der Waals surface area contributed by atoms with E-state index in [2.05, 4.69) is 0 Å². The summed E-state index contributed by atoms with van der Waals surface area (Å²) in [4.78, 5) is -0.01000. The molecule has 0 bridgehead atoms. The monoisotopic (exact) mass is 530 g/mol. The van der Waals surface area contributed by atoms with E-state index in [0.29, 0.717) is 0 Å². The zero-order chi connectivity index (χ0) is 24.9. The maximum Gasteiger partial charge on any atom is 0.297 e. The average molecular weight is 531 g/mol. The van der Waals surface area contributed by atoms with Crippen LogP contribution in [0.5, 0.6) is 0 Å². The van der Waals surface area contributed by atoms with Gasteiger partial charge in [0.2, 0.25) is 0 Å². The lowest BCUT2D eigenvalue weighted by atomic mass is 10.0. The second-order valence-corrected chi connectivity index (χ2v) is 10.8. The van der Waals surface area contributed by atoms with Gasteiger partial charge in [0.05, 0.1) is 23.0 Å². The highest BCUT2D eigenvalue weighted by atomic mass is 32.2. The zero-order valence-electron chi connectivity index (χ0n) is 18.8. The maximum absolute atomic E-state index is 12.5. The van der Waals surface area contributed by atoms with Crippen molar-refractivity contribution in [3.63, 3.8) is 0 Å². The van der Waals surface area contributed by atoms with Crippen LogP contribution < -0.4 is 0 Å². The van der Waals surface area contributed by atoms with E-state index in [9.17, 15) is 16.8 Å². The van der Waals surface area contributed by atoms with Crippen molar-refractivity contribution in [2.24, 2.45) is 0 Å². The van der Waals surface area contributed by atoms with Crippen molar-refractivity contribution in [2.75, 3.05) is 26.6 Å². The first-order chi connectivity index (χ1) is 16.8.